The third-order valence-electron chi connectivity index (χ3n) is 4.17. The van der Waals surface area contributed by atoms with Gasteiger partial charge < -0.3 is 10.2 Å². The molecule has 3 heteroatoms. The third kappa shape index (κ3) is 1.88. The number of nitrogens with one attached hydrogen (secondary N) is 1. The fourth-order valence-corrected chi connectivity index (χ4v) is 3.13. The van der Waals surface area contributed by atoms with Crippen LogP contribution in [-0.4, -0.2) is 29.9 Å². The van der Waals surface area contributed by atoms with Crippen molar-refractivity contribution >= 4 is 11.6 Å². The molecule has 0 aliphatic carbocycles. The van der Waals surface area contributed by atoms with E-state index in [0.29, 0.717) is 6.04 Å². The smallest absolute Gasteiger partial charge is 0.254 e. The van der Waals surface area contributed by atoms with Crippen molar-refractivity contribution in [2.45, 2.75) is 38.6 Å². The monoisotopic (exact) mass is 244 g/mol. The number of amides is 1. The molecule has 2 aliphatic heterocycles. The van der Waals surface area contributed by atoms with Crippen molar-refractivity contribution in [2.75, 3.05) is 18.4 Å². The molecule has 1 saturated heterocycles. The molecule has 1 aromatic rings. The van der Waals surface area contributed by atoms with Gasteiger partial charge in [-0.3, -0.25) is 4.79 Å². The molecule has 2 aliphatic rings. The van der Waals surface area contributed by atoms with Crippen molar-refractivity contribution in [3.05, 3.63) is 29.3 Å². The van der Waals surface area contributed by atoms with Crippen LogP contribution in [0, 0.1) is 0 Å². The summed E-state index contributed by atoms with van der Waals surface area (Å²) < 4.78 is 0. The van der Waals surface area contributed by atoms with Gasteiger partial charge in [-0.15, -0.1) is 0 Å². The maximum atomic E-state index is 12.5. The van der Waals surface area contributed by atoms with Crippen LogP contribution in [-0.2, 0) is 6.42 Å². The van der Waals surface area contributed by atoms with E-state index in [-0.39, 0.29) is 5.91 Å². The Morgan fingerprint density at radius 1 is 1.50 bits per heavy atom. The Balaban J connectivity index is 1.84. The predicted octanol–water partition coefficient (Wildman–Crippen LogP) is 2.67. The van der Waals surface area contributed by atoms with Crippen molar-refractivity contribution in [2.24, 2.45) is 0 Å². The largest absolute Gasteiger partial charge is 0.384 e. The molecule has 1 atom stereocenters. The summed E-state index contributed by atoms with van der Waals surface area (Å²) in [7, 11) is 0. The average Bonchev–Trinajstić information content (AvgIpc) is 3.05. The summed E-state index contributed by atoms with van der Waals surface area (Å²) in [6.07, 6.45) is 4.41. The van der Waals surface area contributed by atoms with Gasteiger partial charge in [0.15, 0.2) is 0 Å². The fraction of sp³-hybridized carbons (Fsp3) is 0.533. The Hall–Kier alpha value is -1.51. The summed E-state index contributed by atoms with van der Waals surface area (Å²) in [4.78, 5) is 14.6. The van der Waals surface area contributed by atoms with Gasteiger partial charge in [-0.05, 0) is 49.4 Å². The molecular weight excluding hydrogens is 224 g/mol. The van der Waals surface area contributed by atoms with Crippen LogP contribution in [0.15, 0.2) is 18.2 Å². The van der Waals surface area contributed by atoms with Crippen LogP contribution < -0.4 is 5.32 Å². The lowest BCUT2D eigenvalue weighted by Gasteiger charge is -2.23. The number of rotatable bonds is 2. The van der Waals surface area contributed by atoms with Crippen LogP contribution in [0.3, 0.4) is 0 Å². The highest BCUT2D eigenvalue weighted by Gasteiger charge is 2.28. The number of anilines is 1. The summed E-state index contributed by atoms with van der Waals surface area (Å²) in [6.45, 7) is 4.09. The molecule has 1 N–H and O–H groups in total. The van der Waals surface area contributed by atoms with E-state index >= 15 is 0 Å². The SMILES string of the molecule is CCC1CCCN1C(=O)c1ccc2c(c1)CCN2. The molecule has 3 nitrogen and oxygen atoms in total. The second-order valence-corrected chi connectivity index (χ2v) is 5.25. The first-order chi connectivity index (χ1) is 8.79. The average molecular weight is 244 g/mol. The number of carbonyl (C=O) groups excluding carboxylic acids is 1. The van der Waals surface area contributed by atoms with Crippen molar-refractivity contribution in [3.63, 3.8) is 0 Å². The number of hydrogen-bond acceptors (Lipinski definition) is 2. The van der Waals surface area contributed by atoms with Gasteiger partial charge in [-0.1, -0.05) is 6.92 Å². The molecule has 0 spiro atoms. The summed E-state index contributed by atoms with van der Waals surface area (Å²) in [5.74, 6) is 0.217. The van der Waals surface area contributed by atoms with Gasteiger partial charge in [0.2, 0.25) is 0 Å². The van der Waals surface area contributed by atoms with E-state index in [1.54, 1.807) is 0 Å². The van der Waals surface area contributed by atoms with Gasteiger partial charge in [0.05, 0.1) is 0 Å². The van der Waals surface area contributed by atoms with Crippen LogP contribution >= 0.6 is 0 Å². The number of fused-ring (bicyclic) bond motifs is 1. The number of benzene rings is 1. The van der Waals surface area contributed by atoms with E-state index in [1.165, 1.54) is 11.3 Å². The molecule has 1 aromatic carbocycles. The van der Waals surface area contributed by atoms with Gasteiger partial charge >= 0.3 is 0 Å². The molecule has 0 bridgehead atoms. The Morgan fingerprint density at radius 3 is 3.22 bits per heavy atom. The Kier molecular flexibility index (Phi) is 2.98. The summed E-state index contributed by atoms with van der Waals surface area (Å²) in [6, 6.07) is 6.53. The minimum Gasteiger partial charge on any atom is -0.384 e. The van der Waals surface area contributed by atoms with Crippen LogP contribution in [0.4, 0.5) is 5.69 Å². The molecule has 1 unspecified atom stereocenters. The first kappa shape index (κ1) is 11.6. The maximum absolute atomic E-state index is 12.5. The molecule has 0 aromatic heterocycles. The molecule has 0 saturated carbocycles. The van der Waals surface area contributed by atoms with E-state index in [2.05, 4.69) is 23.2 Å². The zero-order valence-corrected chi connectivity index (χ0v) is 10.9. The van der Waals surface area contributed by atoms with Crippen molar-refractivity contribution in [1.29, 1.82) is 0 Å². The van der Waals surface area contributed by atoms with E-state index in [1.807, 2.05) is 12.1 Å². The first-order valence-electron chi connectivity index (χ1n) is 6.97. The highest BCUT2D eigenvalue weighted by molar-refractivity contribution is 5.95. The Bertz CT molecular complexity index is 470. The Morgan fingerprint density at radius 2 is 2.39 bits per heavy atom. The van der Waals surface area contributed by atoms with Crippen LogP contribution in [0.1, 0.15) is 42.1 Å². The normalized spacial score (nSPS) is 21.8. The molecule has 96 valence electrons. The number of hydrogen-bond donors (Lipinski definition) is 1. The maximum Gasteiger partial charge on any atom is 0.254 e. The number of carbonyl (C=O) groups is 1. The van der Waals surface area contributed by atoms with E-state index < -0.39 is 0 Å². The molecule has 18 heavy (non-hydrogen) atoms. The van der Waals surface area contributed by atoms with Gasteiger partial charge in [0.25, 0.3) is 5.91 Å². The van der Waals surface area contributed by atoms with Crippen molar-refractivity contribution in [3.8, 4) is 0 Å². The van der Waals surface area contributed by atoms with Crippen LogP contribution in [0.25, 0.3) is 0 Å². The minimum absolute atomic E-state index is 0.217. The lowest BCUT2D eigenvalue weighted by Crippen LogP contribution is -2.35. The van der Waals surface area contributed by atoms with Gasteiger partial charge in [-0.2, -0.15) is 0 Å². The lowest BCUT2D eigenvalue weighted by atomic mass is 10.1. The van der Waals surface area contributed by atoms with E-state index in [4.69, 9.17) is 0 Å². The molecule has 0 radical (unpaired) electrons. The number of likely N-dealkylation sites (tertiary alicyclic amines) is 1. The standard InChI is InChI=1S/C15H20N2O/c1-2-13-4-3-9-17(13)15(18)12-5-6-14-11(10-12)7-8-16-14/h5-6,10,13,16H,2-4,7-9H2,1H3. The summed E-state index contributed by atoms with van der Waals surface area (Å²) in [5.41, 5.74) is 3.34. The predicted molar refractivity (Wildman–Crippen MR) is 73.0 cm³/mol. The zero-order valence-electron chi connectivity index (χ0n) is 10.9. The topological polar surface area (TPSA) is 32.3 Å². The second-order valence-electron chi connectivity index (χ2n) is 5.25. The van der Waals surface area contributed by atoms with Gasteiger partial charge in [0.1, 0.15) is 0 Å². The van der Waals surface area contributed by atoms with Crippen LogP contribution in [0.5, 0.6) is 0 Å². The highest BCUT2D eigenvalue weighted by Crippen LogP contribution is 2.26. The third-order valence-corrected chi connectivity index (χ3v) is 4.17. The molecular formula is C15H20N2O. The lowest BCUT2D eigenvalue weighted by molar-refractivity contribution is 0.0733. The summed E-state index contributed by atoms with van der Waals surface area (Å²) in [5, 5.41) is 3.33. The van der Waals surface area contributed by atoms with E-state index in [9.17, 15) is 4.79 Å². The quantitative estimate of drug-likeness (QED) is 0.867. The van der Waals surface area contributed by atoms with E-state index in [0.717, 1.165) is 44.3 Å². The Labute approximate surface area is 108 Å². The minimum atomic E-state index is 0.217. The second kappa shape index (κ2) is 4.63. The van der Waals surface area contributed by atoms with Gasteiger partial charge in [-0.25, -0.2) is 0 Å². The van der Waals surface area contributed by atoms with Crippen LogP contribution in [0.2, 0.25) is 0 Å². The van der Waals surface area contributed by atoms with Gasteiger partial charge in [0, 0.05) is 30.4 Å². The molecule has 1 amide bonds. The molecule has 1 fully saturated rings. The van der Waals surface area contributed by atoms with Crippen molar-refractivity contribution < 1.29 is 4.79 Å². The molecule has 3 rings (SSSR count). The summed E-state index contributed by atoms with van der Waals surface area (Å²) >= 11 is 0. The first-order valence-corrected chi connectivity index (χ1v) is 6.97. The number of nitrogens with zero attached hydrogens (tertiary/aromatic N) is 1. The van der Waals surface area contributed by atoms with Crippen molar-refractivity contribution in [1.82, 2.24) is 4.90 Å². The molecule has 2 heterocycles. The highest BCUT2D eigenvalue weighted by atomic mass is 16.2. The zero-order chi connectivity index (χ0) is 12.5. The fourth-order valence-electron chi connectivity index (χ4n) is 3.13.